The van der Waals surface area contributed by atoms with Crippen molar-refractivity contribution in [1.29, 1.82) is 0 Å². The van der Waals surface area contributed by atoms with Crippen LogP contribution in [0.4, 0.5) is 0 Å². The molecule has 0 aliphatic rings. The van der Waals surface area contributed by atoms with Crippen molar-refractivity contribution in [2.45, 2.75) is 45.6 Å². The molecule has 0 aromatic rings. The second-order valence-corrected chi connectivity index (χ2v) is 3.99. The minimum atomic E-state index is -0.469. The van der Waals surface area contributed by atoms with Gasteiger partial charge in [0.05, 0.1) is 12.7 Å². The summed E-state index contributed by atoms with van der Waals surface area (Å²) in [5, 5.41) is 9.57. The Kier molecular flexibility index (Phi) is 10.3. The van der Waals surface area contributed by atoms with Crippen LogP contribution < -0.4 is 5.90 Å². The van der Waals surface area contributed by atoms with Crippen LogP contribution in [0.1, 0.15) is 39.5 Å². The van der Waals surface area contributed by atoms with E-state index in [0.29, 0.717) is 6.54 Å². The van der Waals surface area contributed by atoms with Gasteiger partial charge in [0, 0.05) is 6.54 Å². The molecular weight excluding hydrogens is 192 g/mol. The van der Waals surface area contributed by atoms with Crippen LogP contribution in [0.5, 0.6) is 0 Å². The highest BCUT2D eigenvalue weighted by molar-refractivity contribution is 4.64. The maximum atomic E-state index is 9.57. The molecule has 0 amide bonds. The van der Waals surface area contributed by atoms with Crippen LogP contribution in [0, 0.1) is 0 Å². The van der Waals surface area contributed by atoms with Crippen molar-refractivity contribution in [3.8, 4) is 0 Å². The molecule has 0 aromatic carbocycles. The van der Waals surface area contributed by atoms with Gasteiger partial charge in [0.1, 0.15) is 0 Å². The number of aliphatic hydroxyl groups is 1. The number of nitrogens with two attached hydrogens (primary N) is 1. The summed E-state index contributed by atoms with van der Waals surface area (Å²) in [6, 6.07) is 0. The van der Waals surface area contributed by atoms with Crippen LogP contribution >= 0.6 is 0 Å². The van der Waals surface area contributed by atoms with E-state index in [1.165, 1.54) is 25.7 Å². The lowest BCUT2D eigenvalue weighted by Crippen LogP contribution is -2.36. The van der Waals surface area contributed by atoms with Gasteiger partial charge in [0.15, 0.2) is 0 Å². The number of hydrogen-bond acceptors (Lipinski definition) is 4. The summed E-state index contributed by atoms with van der Waals surface area (Å²) in [7, 11) is 0. The van der Waals surface area contributed by atoms with Gasteiger partial charge in [-0.2, -0.15) is 0 Å². The molecule has 0 saturated carbocycles. The van der Waals surface area contributed by atoms with Gasteiger partial charge in [-0.25, -0.2) is 5.90 Å². The molecule has 0 heterocycles. The van der Waals surface area contributed by atoms with Crippen LogP contribution in [0.2, 0.25) is 0 Å². The second kappa shape index (κ2) is 10.4. The maximum absolute atomic E-state index is 9.57. The van der Waals surface area contributed by atoms with Crippen LogP contribution in [0.15, 0.2) is 0 Å². The lowest BCUT2D eigenvalue weighted by molar-refractivity contribution is 0.0158. The van der Waals surface area contributed by atoms with E-state index in [0.717, 1.165) is 13.1 Å². The number of unbranched alkanes of at least 4 members (excludes halogenated alkanes) is 2. The first kappa shape index (κ1) is 14.8. The SMILES string of the molecule is CCCCN(CCCC)CC(O)CON. The molecule has 4 nitrogen and oxygen atoms in total. The molecule has 0 spiro atoms. The van der Waals surface area contributed by atoms with Gasteiger partial charge in [0.2, 0.25) is 0 Å². The van der Waals surface area contributed by atoms with Crippen LogP contribution in [-0.4, -0.2) is 42.4 Å². The van der Waals surface area contributed by atoms with E-state index >= 15 is 0 Å². The zero-order valence-electron chi connectivity index (χ0n) is 10.1. The van der Waals surface area contributed by atoms with Crippen LogP contribution in [-0.2, 0) is 4.84 Å². The molecule has 0 saturated heterocycles. The molecular formula is C11H26N2O2. The van der Waals surface area contributed by atoms with Crippen molar-refractivity contribution in [3.63, 3.8) is 0 Å². The van der Waals surface area contributed by atoms with Gasteiger partial charge < -0.3 is 14.8 Å². The van der Waals surface area contributed by atoms with E-state index in [1.54, 1.807) is 0 Å². The van der Waals surface area contributed by atoms with Crippen LogP contribution in [0.3, 0.4) is 0 Å². The Balaban J connectivity index is 3.76. The fourth-order valence-electron chi connectivity index (χ4n) is 1.52. The molecule has 4 heteroatoms. The van der Waals surface area contributed by atoms with E-state index < -0.39 is 6.10 Å². The number of rotatable bonds is 10. The van der Waals surface area contributed by atoms with Crippen molar-refractivity contribution < 1.29 is 9.94 Å². The summed E-state index contributed by atoms with van der Waals surface area (Å²) >= 11 is 0. The molecule has 3 N–H and O–H groups in total. The van der Waals surface area contributed by atoms with Crippen molar-refractivity contribution in [1.82, 2.24) is 4.90 Å². The molecule has 0 fully saturated rings. The minimum Gasteiger partial charge on any atom is -0.389 e. The van der Waals surface area contributed by atoms with Gasteiger partial charge in [-0.1, -0.05) is 26.7 Å². The highest BCUT2D eigenvalue weighted by Crippen LogP contribution is 2.01. The molecule has 0 bridgehead atoms. The third kappa shape index (κ3) is 8.81. The zero-order chi connectivity index (χ0) is 11.5. The second-order valence-electron chi connectivity index (χ2n) is 3.99. The van der Waals surface area contributed by atoms with Crippen molar-refractivity contribution in [2.24, 2.45) is 5.90 Å². The minimum absolute atomic E-state index is 0.217. The number of hydrogen-bond donors (Lipinski definition) is 2. The van der Waals surface area contributed by atoms with Crippen LogP contribution in [0.25, 0.3) is 0 Å². The lowest BCUT2D eigenvalue weighted by Gasteiger charge is -2.24. The molecule has 92 valence electrons. The van der Waals surface area contributed by atoms with Crippen molar-refractivity contribution in [2.75, 3.05) is 26.2 Å². The van der Waals surface area contributed by atoms with E-state index in [4.69, 9.17) is 5.90 Å². The Morgan fingerprint density at radius 2 is 1.73 bits per heavy atom. The molecule has 15 heavy (non-hydrogen) atoms. The van der Waals surface area contributed by atoms with E-state index in [9.17, 15) is 5.11 Å². The normalized spacial score (nSPS) is 13.4. The monoisotopic (exact) mass is 218 g/mol. The van der Waals surface area contributed by atoms with E-state index in [2.05, 4.69) is 23.6 Å². The third-order valence-electron chi connectivity index (χ3n) is 2.41. The highest BCUT2D eigenvalue weighted by Gasteiger charge is 2.10. The van der Waals surface area contributed by atoms with Gasteiger partial charge in [-0.3, -0.25) is 0 Å². The average Bonchev–Trinajstić information content (AvgIpc) is 2.22. The zero-order valence-corrected chi connectivity index (χ0v) is 10.1. The fourth-order valence-corrected chi connectivity index (χ4v) is 1.52. The Morgan fingerprint density at radius 3 is 2.13 bits per heavy atom. The Bertz CT molecular complexity index is 126. The first-order valence-electron chi connectivity index (χ1n) is 5.96. The molecule has 1 atom stereocenters. The van der Waals surface area contributed by atoms with Crippen molar-refractivity contribution >= 4 is 0 Å². The maximum Gasteiger partial charge on any atom is 0.0951 e. The quantitative estimate of drug-likeness (QED) is 0.540. The topological polar surface area (TPSA) is 58.7 Å². The van der Waals surface area contributed by atoms with Gasteiger partial charge in [-0.05, 0) is 25.9 Å². The van der Waals surface area contributed by atoms with E-state index in [-0.39, 0.29) is 6.61 Å². The van der Waals surface area contributed by atoms with E-state index in [1.807, 2.05) is 0 Å². The largest absolute Gasteiger partial charge is 0.389 e. The first-order valence-corrected chi connectivity index (χ1v) is 5.96. The highest BCUT2D eigenvalue weighted by atomic mass is 16.6. The summed E-state index contributed by atoms with van der Waals surface area (Å²) in [4.78, 5) is 6.73. The summed E-state index contributed by atoms with van der Waals surface area (Å²) in [6.45, 7) is 7.34. The first-order chi connectivity index (χ1) is 7.24. The molecule has 0 rings (SSSR count). The van der Waals surface area contributed by atoms with Gasteiger partial charge >= 0.3 is 0 Å². The molecule has 1 unspecified atom stereocenters. The standard InChI is InChI=1S/C11H26N2O2/c1-3-5-7-13(8-6-4-2)9-11(14)10-15-12/h11,14H,3-10,12H2,1-2H3. The summed E-state index contributed by atoms with van der Waals surface area (Å²) < 4.78 is 0. The molecule has 0 radical (unpaired) electrons. The molecule has 0 aromatic heterocycles. The average molecular weight is 218 g/mol. The smallest absolute Gasteiger partial charge is 0.0951 e. The van der Waals surface area contributed by atoms with Gasteiger partial charge in [-0.15, -0.1) is 0 Å². The molecule has 0 aliphatic heterocycles. The number of aliphatic hydroxyl groups excluding tert-OH is 1. The predicted molar refractivity (Wildman–Crippen MR) is 62.4 cm³/mol. The third-order valence-corrected chi connectivity index (χ3v) is 2.41. The summed E-state index contributed by atoms with van der Waals surface area (Å²) in [5.74, 6) is 4.93. The predicted octanol–water partition coefficient (Wildman–Crippen LogP) is 1.14. The van der Waals surface area contributed by atoms with Gasteiger partial charge in [0.25, 0.3) is 0 Å². The molecule has 0 aliphatic carbocycles. The fraction of sp³-hybridized carbons (Fsp3) is 1.00. The Labute approximate surface area is 93.4 Å². The summed E-state index contributed by atoms with van der Waals surface area (Å²) in [5.41, 5.74) is 0. The van der Waals surface area contributed by atoms with Crippen molar-refractivity contribution in [3.05, 3.63) is 0 Å². The summed E-state index contributed by atoms with van der Waals surface area (Å²) in [6.07, 6.45) is 4.27. The lowest BCUT2D eigenvalue weighted by atomic mass is 10.2. The Morgan fingerprint density at radius 1 is 1.20 bits per heavy atom. The Hall–Kier alpha value is -0.160. The number of nitrogens with zero attached hydrogens (tertiary/aromatic N) is 1.